The van der Waals surface area contributed by atoms with Gasteiger partial charge in [0, 0.05) is 31.4 Å². The molecule has 0 aliphatic carbocycles. The molecule has 146 valence electrons. The van der Waals surface area contributed by atoms with Crippen molar-refractivity contribution in [2.45, 2.75) is 12.0 Å². The van der Waals surface area contributed by atoms with E-state index in [-0.39, 0.29) is 5.91 Å². The number of hydrogen-bond donors (Lipinski definition) is 3. The summed E-state index contributed by atoms with van der Waals surface area (Å²) in [7, 11) is 1.59. The Bertz CT molecular complexity index is 1010. The SMILES string of the molecule is COc1ccc(C(=O)NC[C@@]2(N)CCN(c3ncnc4[nH]cc(Cl)c34)C2)cc1. The van der Waals surface area contributed by atoms with Gasteiger partial charge in [-0.1, -0.05) is 11.6 Å². The van der Waals surface area contributed by atoms with E-state index in [2.05, 4.69) is 25.2 Å². The Morgan fingerprint density at radius 1 is 1.39 bits per heavy atom. The van der Waals surface area contributed by atoms with Gasteiger partial charge in [0.25, 0.3) is 5.91 Å². The van der Waals surface area contributed by atoms with Crippen LogP contribution < -0.4 is 20.7 Å². The highest BCUT2D eigenvalue weighted by molar-refractivity contribution is 6.36. The molecule has 9 heteroatoms. The first-order chi connectivity index (χ1) is 13.5. The van der Waals surface area contributed by atoms with E-state index in [1.165, 1.54) is 6.33 Å². The van der Waals surface area contributed by atoms with Crippen LogP contribution in [0.2, 0.25) is 5.02 Å². The number of ether oxygens (including phenoxy) is 1. The molecule has 0 unspecified atom stereocenters. The molecule has 0 radical (unpaired) electrons. The second-order valence-electron chi connectivity index (χ2n) is 7.00. The molecule has 1 aliphatic heterocycles. The first kappa shape index (κ1) is 18.5. The fraction of sp³-hybridized carbons (Fsp3) is 0.316. The molecule has 0 spiro atoms. The molecule has 4 N–H and O–H groups in total. The standard InChI is InChI=1S/C19H21ClN6O2/c1-28-13-4-2-12(3-5-13)18(27)23-9-19(21)6-7-26(10-19)17-15-14(20)8-22-16(15)24-11-25-17/h2-5,8,11H,6-7,9-10,21H2,1H3,(H,23,27)(H,22,24,25)/t19-/m0/s1. The summed E-state index contributed by atoms with van der Waals surface area (Å²) < 4.78 is 5.11. The third-order valence-corrected chi connectivity index (χ3v) is 5.34. The maximum atomic E-state index is 12.4. The summed E-state index contributed by atoms with van der Waals surface area (Å²) in [4.78, 5) is 26.1. The molecule has 2 aromatic heterocycles. The van der Waals surface area contributed by atoms with Gasteiger partial charge >= 0.3 is 0 Å². The number of anilines is 1. The largest absolute Gasteiger partial charge is 0.497 e. The van der Waals surface area contributed by atoms with E-state index in [1.807, 2.05) is 0 Å². The zero-order valence-corrected chi connectivity index (χ0v) is 16.2. The van der Waals surface area contributed by atoms with Gasteiger partial charge in [0.1, 0.15) is 23.5 Å². The maximum Gasteiger partial charge on any atom is 0.251 e. The highest BCUT2D eigenvalue weighted by Crippen LogP contribution is 2.33. The lowest BCUT2D eigenvalue weighted by atomic mass is 10.00. The van der Waals surface area contributed by atoms with Crippen molar-refractivity contribution in [2.24, 2.45) is 5.73 Å². The molecule has 1 atom stereocenters. The summed E-state index contributed by atoms with van der Waals surface area (Å²) in [6, 6.07) is 6.96. The second-order valence-corrected chi connectivity index (χ2v) is 7.41. The number of nitrogens with one attached hydrogen (secondary N) is 2. The molecular weight excluding hydrogens is 380 g/mol. The van der Waals surface area contributed by atoms with Gasteiger partial charge in [-0.3, -0.25) is 4.79 Å². The number of amides is 1. The van der Waals surface area contributed by atoms with Crippen molar-refractivity contribution in [3.05, 3.63) is 47.4 Å². The number of carbonyl (C=O) groups excluding carboxylic acids is 1. The van der Waals surface area contributed by atoms with E-state index in [4.69, 9.17) is 22.1 Å². The van der Waals surface area contributed by atoms with Crippen molar-refractivity contribution < 1.29 is 9.53 Å². The number of halogens is 1. The molecule has 1 amide bonds. The lowest BCUT2D eigenvalue weighted by Crippen LogP contribution is -2.52. The Hall–Kier alpha value is -2.84. The number of aromatic amines is 1. The Morgan fingerprint density at radius 3 is 2.93 bits per heavy atom. The second kappa shape index (κ2) is 7.29. The molecule has 1 fully saturated rings. The Balaban J connectivity index is 1.43. The fourth-order valence-corrected chi connectivity index (χ4v) is 3.70. The van der Waals surface area contributed by atoms with Gasteiger partial charge in [0.2, 0.25) is 0 Å². The number of hydrogen-bond acceptors (Lipinski definition) is 6. The van der Waals surface area contributed by atoms with E-state index < -0.39 is 5.54 Å². The van der Waals surface area contributed by atoms with E-state index in [9.17, 15) is 4.79 Å². The van der Waals surface area contributed by atoms with E-state index >= 15 is 0 Å². The minimum absolute atomic E-state index is 0.163. The van der Waals surface area contributed by atoms with Crippen LogP contribution >= 0.6 is 11.6 Å². The van der Waals surface area contributed by atoms with Crippen LogP contribution in [0.5, 0.6) is 5.75 Å². The smallest absolute Gasteiger partial charge is 0.251 e. The van der Waals surface area contributed by atoms with Gasteiger partial charge in [-0.2, -0.15) is 0 Å². The number of methoxy groups -OCH3 is 1. The molecule has 3 aromatic rings. The lowest BCUT2D eigenvalue weighted by Gasteiger charge is -2.25. The fourth-order valence-electron chi connectivity index (χ4n) is 3.47. The topological polar surface area (TPSA) is 109 Å². The van der Waals surface area contributed by atoms with Crippen molar-refractivity contribution in [3.63, 3.8) is 0 Å². The summed E-state index contributed by atoms with van der Waals surface area (Å²) in [5, 5.41) is 4.30. The number of nitrogens with zero attached hydrogens (tertiary/aromatic N) is 3. The summed E-state index contributed by atoms with van der Waals surface area (Å²) in [6.07, 6.45) is 3.93. The highest BCUT2D eigenvalue weighted by Gasteiger charge is 2.36. The van der Waals surface area contributed by atoms with Gasteiger partial charge in [-0.05, 0) is 30.7 Å². The molecule has 1 aliphatic rings. The number of fused-ring (bicyclic) bond motifs is 1. The minimum Gasteiger partial charge on any atom is -0.497 e. The number of nitrogens with two attached hydrogens (primary N) is 1. The van der Waals surface area contributed by atoms with Crippen LogP contribution in [0.4, 0.5) is 5.82 Å². The van der Waals surface area contributed by atoms with Gasteiger partial charge in [0.05, 0.1) is 23.1 Å². The van der Waals surface area contributed by atoms with E-state index in [1.54, 1.807) is 37.6 Å². The zero-order valence-electron chi connectivity index (χ0n) is 15.4. The third kappa shape index (κ3) is 3.48. The molecule has 8 nitrogen and oxygen atoms in total. The monoisotopic (exact) mass is 400 g/mol. The Labute approximate surface area is 167 Å². The van der Waals surface area contributed by atoms with Crippen molar-refractivity contribution in [1.29, 1.82) is 0 Å². The molecular formula is C19H21ClN6O2. The summed E-state index contributed by atoms with van der Waals surface area (Å²) >= 11 is 6.28. The van der Waals surface area contributed by atoms with Gasteiger partial charge in [0.15, 0.2) is 0 Å². The molecule has 1 saturated heterocycles. The van der Waals surface area contributed by atoms with Gasteiger partial charge in [-0.25, -0.2) is 9.97 Å². The minimum atomic E-state index is -0.553. The third-order valence-electron chi connectivity index (χ3n) is 5.04. The van der Waals surface area contributed by atoms with Crippen LogP contribution in [0.1, 0.15) is 16.8 Å². The van der Waals surface area contributed by atoms with Gasteiger partial charge in [-0.15, -0.1) is 0 Å². The predicted octanol–water partition coefficient (Wildman–Crippen LogP) is 1.96. The Kier molecular flexibility index (Phi) is 4.82. The average molecular weight is 401 g/mol. The number of H-pyrrole nitrogens is 1. The number of benzene rings is 1. The van der Waals surface area contributed by atoms with Crippen molar-refractivity contribution in [3.8, 4) is 5.75 Å². The first-order valence-electron chi connectivity index (χ1n) is 8.93. The van der Waals surface area contributed by atoms with Crippen LogP contribution in [0.3, 0.4) is 0 Å². The summed E-state index contributed by atoms with van der Waals surface area (Å²) in [5.41, 5.74) is 7.26. The molecule has 0 bridgehead atoms. The van der Waals surface area contributed by atoms with E-state index in [0.717, 1.165) is 24.2 Å². The molecule has 0 saturated carbocycles. The van der Waals surface area contributed by atoms with Gasteiger partial charge < -0.3 is 25.7 Å². The highest BCUT2D eigenvalue weighted by atomic mass is 35.5. The Morgan fingerprint density at radius 2 is 2.18 bits per heavy atom. The first-order valence-corrected chi connectivity index (χ1v) is 9.30. The van der Waals surface area contributed by atoms with Crippen LogP contribution in [0.15, 0.2) is 36.8 Å². The number of carbonyl (C=O) groups is 1. The predicted molar refractivity (Wildman–Crippen MR) is 108 cm³/mol. The summed E-state index contributed by atoms with van der Waals surface area (Å²) in [5.74, 6) is 1.30. The lowest BCUT2D eigenvalue weighted by molar-refractivity contribution is 0.0945. The average Bonchev–Trinajstić information content (AvgIpc) is 3.30. The van der Waals surface area contributed by atoms with Crippen LogP contribution in [0, 0.1) is 0 Å². The van der Waals surface area contributed by atoms with Crippen molar-refractivity contribution in [1.82, 2.24) is 20.3 Å². The molecule has 4 rings (SSSR count). The van der Waals surface area contributed by atoms with Crippen LogP contribution in [-0.2, 0) is 0 Å². The number of aromatic nitrogens is 3. The van der Waals surface area contributed by atoms with Crippen LogP contribution in [0.25, 0.3) is 11.0 Å². The molecule has 3 heterocycles. The maximum absolute atomic E-state index is 12.4. The van der Waals surface area contributed by atoms with Crippen molar-refractivity contribution >= 4 is 34.4 Å². The quantitative estimate of drug-likeness (QED) is 0.604. The zero-order chi connectivity index (χ0) is 19.7. The molecule has 28 heavy (non-hydrogen) atoms. The normalized spacial score (nSPS) is 19.2. The molecule has 1 aromatic carbocycles. The van der Waals surface area contributed by atoms with Crippen molar-refractivity contribution in [2.75, 3.05) is 31.6 Å². The number of rotatable bonds is 5. The van der Waals surface area contributed by atoms with Crippen LogP contribution in [-0.4, -0.2) is 53.1 Å². The summed E-state index contributed by atoms with van der Waals surface area (Å²) in [6.45, 7) is 1.65. The van der Waals surface area contributed by atoms with E-state index in [0.29, 0.717) is 35.1 Å².